The van der Waals surface area contributed by atoms with Gasteiger partial charge in [0.1, 0.15) is 0 Å². The Kier molecular flexibility index (Phi) is 4.88. The summed E-state index contributed by atoms with van der Waals surface area (Å²) in [7, 11) is 1.49. The lowest BCUT2D eigenvalue weighted by Crippen LogP contribution is -2.37. The van der Waals surface area contributed by atoms with E-state index in [1.165, 1.54) is 7.11 Å². The van der Waals surface area contributed by atoms with E-state index >= 15 is 0 Å². The van der Waals surface area contributed by atoms with Crippen LogP contribution in [0.5, 0.6) is 17.5 Å². The third-order valence-corrected chi connectivity index (χ3v) is 4.17. The number of hydrogen-bond donors (Lipinski definition) is 1. The van der Waals surface area contributed by atoms with Crippen LogP contribution in [0.1, 0.15) is 16.2 Å². The molecule has 0 aliphatic carbocycles. The van der Waals surface area contributed by atoms with E-state index in [9.17, 15) is 4.79 Å². The maximum absolute atomic E-state index is 12.4. The molecule has 0 bridgehead atoms. The van der Waals surface area contributed by atoms with Gasteiger partial charge in [-0.1, -0.05) is 0 Å². The van der Waals surface area contributed by atoms with E-state index in [0.717, 1.165) is 0 Å². The van der Waals surface area contributed by atoms with Gasteiger partial charge in [-0.15, -0.1) is 0 Å². The van der Waals surface area contributed by atoms with E-state index in [4.69, 9.17) is 18.9 Å². The molecular weight excluding hydrogens is 354 g/mol. The summed E-state index contributed by atoms with van der Waals surface area (Å²) in [5.74, 6) is 1.85. The fraction of sp³-hybridized carbons (Fsp3) is 0.412. The molecule has 0 spiro atoms. The van der Waals surface area contributed by atoms with Crippen LogP contribution in [0, 0.1) is 0 Å². The molecule has 3 heterocycles. The monoisotopic (exact) mass is 373 g/mol. The first-order chi connectivity index (χ1) is 13.2. The highest BCUT2D eigenvalue weighted by Gasteiger charge is 2.19. The fourth-order valence-corrected chi connectivity index (χ4v) is 2.76. The predicted octanol–water partition coefficient (Wildman–Crippen LogP) is 0.376. The average molecular weight is 373 g/mol. The molecule has 27 heavy (non-hydrogen) atoms. The Morgan fingerprint density at radius 3 is 2.81 bits per heavy atom. The summed E-state index contributed by atoms with van der Waals surface area (Å²) in [4.78, 5) is 27.3. The van der Waals surface area contributed by atoms with Gasteiger partial charge in [0.2, 0.25) is 12.7 Å². The molecule has 4 rings (SSSR count). The number of hydrogen-bond acceptors (Lipinski definition) is 9. The first-order valence-electron chi connectivity index (χ1n) is 8.52. The van der Waals surface area contributed by atoms with Gasteiger partial charge in [-0.3, -0.25) is 4.79 Å². The topological polar surface area (TPSA) is 108 Å². The number of amides is 1. The average Bonchev–Trinajstić information content (AvgIpc) is 3.20. The minimum absolute atomic E-state index is 0.142. The number of nitrogens with zero attached hydrogens (tertiary/aromatic N) is 4. The van der Waals surface area contributed by atoms with Crippen LogP contribution in [-0.2, 0) is 11.3 Å². The summed E-state index contributed by atoms with van der Waals surface area (Å²) in [5, 5.41) is 2.80. The molecule has 1 aromatic heterocycles. The molecule has 2 aromatic rings. The smallest absolute Gasteiger partial charge is 0.321 e. The van der Waals surface area contributed by atoms with E-state index in [-0.39, 0.29) is 25.3 Å². The van der Waals surface area contributed by atoms with Crippen molar-refractivity contribution in [2.75, 3.05) is 45.1 Å². The van der Waals surface area contributed by atoms with Gasteiger partial charge in [-0.05, 0) is 18.2 Å². The van der Waals surface area contributed by atoms with Crippen molar-refractivity contribution >= 4 is 11.9 Å². The number of aromatic nitrogens is 3. The van der Waals surface area contributed by atoms with E-state index in [2.05, 4.69) is 20.3 Å². The molecule has 2 aliphatic rings. The minimum atomic E-state index is -0.263. The van der Waals surface area contributed by atoms with E-state index in [1.807, 2.05) is 4.90 Å². The Morgan fingerprint density at radius 2 is 2.00 bits per heavy atom. The summed E-state index contributed by atoms with van der Waals surface area (Å²) in [5.41, 5.74) is 0.466. The number of morpholine rings is 1. The molecule has 1 fully saturated rings. The molecule has 0 unspecified atom stereocenters. The first kappa shape index (κ1) is 17.3. The van der Waals surface area contributed by atoms with Crippen LogP contribution in [0.3, 0.4) is 0 Å². The minimum Gasteiger partial charge on any atom is -0.467 e. The molecule has 0 radical (unpaired) electrons. The van der Waals surface area contributed by atoms with Gasteiger partial charge >= 0.3 is 6.01 Å². The normalized spacial score (nSPS) is 15.5. The van der Waals surface area contributed by atoms with Crippen molar-refractivity contribution < 1.29 is 23.7 Å². The highest BCUT2D eigenvalue weighted by atomic mass is 16.7. The van der Waals surface area contributed by atoms with Crippen molar-refractivity contribution in [3.8, 4) is 17.5 Å². The van der Waals surface area contributed by atoms with Gasteiger partial charge in [0.05, 0.1) is 26.9 Å². The second kappa shape index (κ2) is 7.62. The zero-order valence-corrected chi connectivity index (χ0v) is 14.8. The number of nitrogens with one attached hydrogen (secondary N) is 1. The molecule has 1 N–H and O–H groups in total. The Morgan fingerprint density at radius 1 is 1.19 bits per heavy atom. The Labute approximate surface area is 155 Å². The van der Waals surface area contributed by atoms with E-state index < -0.39 is 0 Å². The first-order valence-corrected chi connectivity index (χ1v) is 8.52. The van der Waals surface area contributed by atoms with Crippen molar-refractivity contribution in [1.82, 2.24) is 20.3 Å². The number of ether oxygens (including phenoxy) is 4. The van der Waals surface area contributed by atoms with Crippen LogP contribution in [0.2, 0.25) is 0 Å². The number of fused-ring (bicyclic) bond motifs is 1. The summed E-state index contributed by atoms with van der Waals surface area (Å²) < 4.78 is 21.1. The molecule has 1 amide bonds. The van der Waals surface area contributed by atoms with Crippen molar-refractivity contribution in [2.24, 2.45) is 0 Å². The summed E-state index contributed by atoms with van der Waals surface area (Å²) in [6.45, 7) is 2.92. The zero-order valence-electron chi connectivity index (χ0n) is 14.8. The molecule has 2 aliphatic heterocycles. The quantitative estimate of drug-likeness (QED) is 0.795. The summed E-state index contributed by atoms with van der Waals surface area (Å²) >= 11 is 0. The van der Waals surface area contributed by atoms with Crippen molar-refractivity contribution in [2.45, 2.75) is 6.54 Å². The van der Waals surface area contributed by atoms with Gasteiger partial charge < -0.3 is 29.2 Å². The second-order valence-corrected chi connectivity index (χ2v) is 5.89. The maximum Gasteiger partial charge on any atom is 0.321 e. The third kappa shape index (κ3) is 3.85. The second-order valence-electron chi connectivity index (χ2n) is 5.89. The van der Waals surface area contributed by atoms with Crippen LogP contribution in [0.15, 0.2) is 18.2 Å². The predicted molar refractivity (Wildman–Crippen MR) is 93.1 cm³/mol. The third-order valence-electron chi connectivity index (χ3n) is 4.17. The largest absolute Gasteiger partial charge is 0.467 e. The SMILES string of the molecule is COc1nc(CNC(=O)c2ccc3c(c2)OCO3)nc(N2CCOCC2)n1. The molecule has 0 atom stereocenters. The summed E-state index contributed by atoms with van der Waals surface area (Å²) in [6, 6.07) is 5.24. The highest BCUT2D eigenvalue weighted by molar-refractivity contribution is 5.94. The van der Waals surface area contributed by atoms with Crippen molar-refractivity contribution in [1.29, 1.82) is 0 Å². The molecule has 1 aromatic carbocycles. The van der Waals surface area contributed by atoms with Crippen LogP contribution in [0.25, 0.3) is 0 Å². The maximum atomic E-state index is 12.4. The Balaban J connectivity index is 1.46. The number of rotatable bonds is 5. The van der Waals surface area contributed by atoms with Gasteiger partial charge in [0.25, 0.3) is 5.91 Å². The number of carbonyl (C=O) groups excluding carboxylic acids is 1. The van der Waals surface area contributed by atoms with E-state index in [1.54, 1.807) is 18.2 Å². The van der Waals surface area contributed by atoms with Crippen molar-refractivity contribution in [3.63, 3.8) is 0 Å². The van der Waals surface area contributed by atoms with Crippen LogP contribution >= 0.6 is 0 Å². The number of carbonyl (C=O) groups is 1. The highest BCUT2D eigenvalue weighted by Crippen LogP contribution is 2.32. The van der Waals surface area contributed by atoms with Gasteiger partial charge in [0, 0.05) is 18.7 Å². The fourth-order valence-electron chi connectivity index (χ4n) is 2.76. The lowest BCUT2D eigenvalue weighted by atomic mass is 10.2. The van der Waals surface area contributed by atoms with Crippen LogP contribution < -0.4 is 24.4 Å². The lowest BCUT2D eigenvalue weighted by Gasteiger charge is -2.26. The van der Waals surface area contributed by atoms with Crippen LogP contribution in [0.4, 0.5) is 5.95 Å². The zero-order chi connectivity index (χ0) is 18.6. The molecule has 10 nitrogen and oxygen atoms in total. The number of benzene rings is 1. The molecule has 142 valence electrons. The molecule has 1 saturated heterocycles. The lowest BCUT2D eigenvalue weighted by molar-refractivity contribution is 0.0949. The van der Waals surface area contributed by atoms with Gasteiger partial charge in [0.15, 0.2) is 17.3 Å². The van der Waals surface area contributed by atoms with E-state index in [0.29, 0.717) is 55.1 Å². The Bertz CT molecular complexity index is 840. The summed E-state index contributed by atoms with van der Waals surface area (Å²) in [6.07, 6.45) is 0. The van der Waals surface area contributed by atoms with Crippen LogP contribution in [-0.4, -0.2) is 61.1 Å². The molecular formula is C17H19N5O5. The number of anilines is 1. The van der Waals surface area contributed by atoms with Crippen molar-refractivity contribution in [3.05, 3.63) is 29.6 Å². The Hall–Kier alpha value is -3.14. The number of methoxy groups -OCH3 is 1. The van der Waals surface area contributed by atoms with Gasteiger partial charge in [-0.2, -0.15) is 15.0 Å². The molecule has 10 heteroatoms. The van der Waals surface area contributed by atoms with Gasteiger partial charge in [-0.25, -0.2) is 0 Å². The standard InChI is InChI=1S/C17H19N5O5/c1-24-17-20-14(19-16(21-17)22-4-6-25-7-5-22)9-18-15(23)11-2-3-12-13(8-11)27-10-26-12/h2-3,8H,4-7,9-10H2,1H3,(H,18,23). The molecule has 0 saturated carbocycles.